The first-order valence-corrected chi connectivity index (χ1v) is 11.4. The highest BCUT2D eigenvalue weighted by molar-refractivity contribution is 7.92. The molecule has 1 atom stereocenters. The largest absolute Gasteiger partial charge is 0.486 e. The van der Waals surface area contributed by atoms with Gasteiger partial charge in [0.05, 0.1) is 18.5 Å². The van der Waals surface area contributed by atoms with E-state index in [0.29, 0.717) is 36.8 Å². The zero-order chi connectivity index (χ0) is 20.9. The second-order valence-electron chi connectivity index (χ2n) is 7.03. The van der Waals surface area contributed by atoms with Gasteiger partial charge in [0.25, 0.3) is 0 Å². The Morgan fingerprint density at radius 3 is 2.55 bits per heavy atom. The average Bonchev–Trinajstić information content (AvgIpc) is 2.69. The standard InChI is InChI=1S/C21H26N2O5S/c1-16-8-3-4-9-18(16)23(29(2,25)26)13-7-12-21(24)22-14-17-15-27-19-10-5-6-11-20(19)28-17/h3-6,8-11,17H,7,12-15H2,1-2H3,(H,22,24). The molecule has 0 aromatic heterocycles. The average molecular weight is 419 g/mol. The molecule has 7 nitrogen and oxygen atoms in total. The van der Waals surface area contributed by atoms with Crippen LogP contribution >= 0.6 is 0 Å². The van der Waals surface area contributed by atoms with E-state index < -0.39 is 10.0 Å². The van der Waals surface area contributed by atoms with E-state index in [9.17, 15) is 13.2 Å². The number of carbonyl (C=O) groups is 1. The number of amides is 1. The smallest absolute Gasteiger partial charge is 0.232 e. The maximum Gasteiger partial charge on any atom is 0.232 e. The van der Waals surface area contributed by atoms with E-state index in [1.54, 1.807) is 12.1 Å². The van der Waals surface area contributed by atoms with Gasteiger partial charge in [-0.1, -0.05) is 30.3 Å². The highest BCUT2D eigenvalue weighted by atomic mass is 32.2. The van der Waals surface area contributed by atoms with Gasteiger partial charge in [0, 0.05) is 13.0 Å². The molecule has 0 spiro atoms. The van der Waals surface area contributed by atoms with Crippen molar-refractivity contribution in [2.24, 2.45) is 0 Å². The number of hydrogen-bond donors (Lipinski definition) is 1. The van der Waals surface area contributed by atoms with Gasteiger partial charge in [0.15, 0.2) is 11.5 Å². The minimum atomic E-state index is -3.43. The first kappa shape index (κ1) is 21.0. The molecular formula is C21H26N2O5S. The number of fused-ring (bicyclic) bond motifs is 1. The first-order chi connectivity index (χ1) is 13.8. The van der Waals surface area contributed by atoms with Crippen LogP contribution in [0.25, 0.3) is 0 Å². The Kier molecular flexibility index (Phi) is 6.64. The second-order valence-corrected chi connectivity index (χ2v) is 8.93. The third-order valence-corrected chi connectivity index (χ3v) is 5.82. The molecule has 0 saturated carbocycles. The Morgan fingerprint density at radius 1 is 1.14 bits per heavy atom. The highest BCUT2D eigenvalue weighted by Gasteiger charge is 2.22. The van der Waals surface area contributed by atoms with Crippen LogP contribution < -0.4 is 19.1 Å². The molecule has 1 heterocycles. The summed E-state index contributed by atoms with van der Waals surface area (Å²) in [7, 11) is -3.43. The monoisotopic (exact) mass is 418 g/mol. The predicted molar refractivity (Wildman–Crippen MR) is 112 cm³/mol. The maximum atomic E-state index is 12.2. The fraction of sp³-hybridized carbons (Fsp3) is 0.381. The van der Waals surface area contributed by atoms with Gasteiger partial charge < -0.3 is 14.8 Å². The lowest BCUT2D eigenvalue weighted by molar-refractivity contribution is -0.121. The number of benzene rings is 2. The van der Waals surface area contributed by atoms with Crippen LogP contribution in [0.1, 0.15) is 18.4 Å². The number of nitrogens with one attached hydrogen (secondary N) is 1. The SMILES string of the molecule is Cc1ccccc1N(CCCC(=O)NCC1COc2ccccc2O1)S(C)(=O)=O. The zero-order valence-electron chi connectivity index (χ0n) is 16.6. The molecule has 0 fully saturated rings. The molecule has 2 aromatic rings. The van der Waals surface area contributed by atoms with Crippen LogP contribution in [-0.4, -0.2) is 46.4 Å². The number of carbonyl (C=O) groups excluding carboxylic acids is 1. The molecule has 1 aliphatic heterocycles. The van der Waals surface area contributed by atoms with Crippen molar-refractivity contribution in [3.05, 3.63) is 54.1 Å². The Bertz CT molecular complexity index is 961. The van der Waals surface area contributed by atoms with E-state index in [4.69, 9.17) is 9.47 Å². The summed E-state index contributed by atoms with van der Waals surface area (Å²) in [6.45, 7) is 2.81. The van der Waals surface area contributed by atoms with Crippen molar-refractivity contribution in [2.75, 3.05) is 30.3 Å². The Balaban J connectivity index is 1.47. The molecule has 0 saturated heterocycles. The minimum Gasteiger partial charge on any atom is -0.486 e. The number of hydrogen-bond acceptors (Lipinski definition) is 5. The topological polar surface area (TPSA) is 84.9 Å². The molecule has 2 aromatic carbocycles. The van der Waals surface area contributed by atoms with Crippen molar-refractivity contribution >= 4 is 21.6 Å². The lowest BCUT2D eigenvalue weighted by Crippen LogP contribution is -2.41. The third kappa shape index (κ3) is 5.63. The van der Waals surface area contributed by atoms with E-state index in [1.807, 2.05) is 43.3 Å². The van der Waals surface area contributed by atoms with Gasteiger partial charge in [-0.3, -0.25) is 9.10 Å². The number of ether oxygens (including phenoxy) is 2. The summed E-state index contributed by atoms with van der Waals surface area (Å²) in [5.74, 6) is 1.22. The van der Waals surface area contributed by atoms with Crippen molar-refractivity contribution < 1.29 is 22.7 Å². The number of rotatable bonds is 8. The summed E-state index contributed by atoms with van der Waals surface area (Å²) in [6, 6.07) is 14.7. The molecule has 8 heteroatoms. The molecular weight excluding hydrogens is 392 g/mol. The summed E-state index contributed by atoms with van der Waals surface area (Å²) >= 11 is 0. The van der Waals surface area contributed by atoms with Crippen molar-refractivity contribution in [3.8, 4) is 11.5 Å². The van der Waals surface area contributed by atoms with Crippen LogP contribution in [0.15, 0.2) is 48.5 Å². The molecule has 1 N–H and O–H groups in total. The van der Waals surface area contributed by atoms with Crippen molar-refractivity contribution in [3.63, 3.8) is 0 Å². The summed E-state index contributed by atoms with van der Waals surface area (Å²) in [6.07, 6.45) is 1.56. The van der Waals surface area contributed by atoms with Gasteiger partial charge in [-0.2, -0.15) is 0 Å². The first-order valence-electron chi connectivity index (χ1n) is 9.53. The Hall–Kier alpha value is -2.74. The van der Waals surface area contributed by atoms with E-state index in [0.717, 1.165) is 5.56 Å². The highest BCUT2D eigenvalue weighted by Crippen LogP contribution is 2.30. The normalized spacial score (nSPS) is 15.6. The van der Waals surface area contributed by atoms with Crippen molar-refractivity contribution in [2.45, 2.75) is 25.9 Å². The predicted octanol–water partition coefficient (Wildman–Crippen LogP) is 2.50. The van der Waals surface area contributed by atoms with Crippen LogP contribution in [0.2, 0.25) is 0 Å². The minimum absolute atomic E-state index is 0.148. The Labute approximate surface area is 171 Å². The third-order valence-electron chi connectivity index (χ3n) is 4.64. The zero-order valence-corrected chi connectivity index (χ0v) is 17.4. The van der Waals surface area contributed by atoms with Gasteiger partial charge in [0.2, 0.25) is 15.9 Å². The molecule has 1 amide bonds. The van der Waals surface area contributed by atoms with Gasteiger partial charge in [-0.25, -0.2) is 8.42 Å². The van der Waals surface area contributed by atoms with Gasteiger partial charge in [-0.15, -0.1) is 0 Å². The van der Waals surface area contributed by atoms with Gasteiger partial charge in [0.1, 0.15) is 12.7 Å². The van der Waals surface area contributed by atoms with E-state index >= 15 is 0 Å². The van der Waals surface area contributed by atoms with Crippen LogP contribution in [0, 0.1) is 6.92 Å². The summed E-state index contributed by atoms with van der Waals surface area (Å²) in [5, 5.41) is 2.83. The summed E-state index contributed by atoms with van der Waals surface area (Å²) in [4.78, 5) is 12.2. The lowest BCUT2D eigenvalue weighted by atomic mass is 10.2. The molecule has 0 aliphatic carbocycles. The molecule has 29 heavy (non-hydrogen) atoms. The molecule has 0 bridgehead atoms. The number of aryl methyl sites for hydroxylation is 1. The fourth-order valence-electron chi connectivity index (χ4n) is 3.17. The lowest BCUT2D eigenvalue weighted by Gasteiger charge is -2.26. The van der Waals surface area contributed by atoms with Crippen LogP contribution in [0.4, 0.5) is 5.69 Å². The molecule has 1 unspecified atom stereocenters. The molecule has 0 radical (unpaired) electrons. The van der Waals surface area contributed by atoms with Crippen molar-refractivity contribution in [1.29, 1.82) is 0 Å². The van der Waals surface area contributed by atoms with Gasteiger partial charge in [-0.05, 0) is 37.1 Å². The molecule has 1 aliphatic rings. The van der Waals surface area contributed by atoms with E-state index in [2.05, 4.69) is 5.32 Å². The maximum absolute atomic E-state index is 12.2. The van der Waals surface area contributed by atoms with Crippen LogP contribution in [0.3, 0.4) is 0 Å². The summed E-state index contributed by atoms with van der Waals surface area (Å²) < 4.78 is 37.2. The van der Waals surface area contributed by atoms with Crippen molar-refractivity contribution in [1.82, 2.24) is 5.32 Å². The van der Waals surface area contributed by atoms with E-state index in [-0.39, 0.29) is 25.0 Å². The summed E-state index contributed by atoms with van der Waals surface area (Å²) in [5.41, 5.74) is 1.51. The quantitative estimate of drug-likeness (QED) is 0.712. The molecule has 156 valence electrons. The van der Waals surface area contributed by atoms with E-state index in [1.165, 1.54) is 10.6 Å². The van der Waals surface area contributed by atoms with Gasteiger partial charge >= 0.3 is 0 Å². The molecule has 3 rings (SSSR count). The second kappa shape index (κ2) is 9.17. The van der Waals surface area contributed by atoms with Crippen LogP contribution in [0.5, 0.6) is 11.5 Å². The Morgan fingerprint density at radius 2 is 1.83 bits per heavy atom. The number of para-hydroxylation sites is 3. The van der Waals surface area contributed by atoms with Crippen LogP contribution in [-0.2, 0) is 14.8 Å². The number of anilines is 1. The number of nitrogens with zero attached hydrogens (tertiary/aromatic N) is 1. The number of sulfonamides is 1. The fourth-order valence-corrected chi connectivity index (χ4v) is 4.19.